The van der Waals surface area contributed by atoms with Gasteiger partial charge in [-0.1, -0.05) is 20.3 Å². The van der Waals surface area contributed by atoms with Crippen LogP contribution in [-0.2, 0) is 0 Å². The van der Waals surface area contributed by atoms with Crippen molar-refractivity contribution in [3.05, 3.63) is 35.5 Å². The van der Waals surface area contributed by atoms with Crippen LogP contribution in [0.2, 0.25) is 0 Å². The van der Waals surface area contributed by atoms with Gasteiger partial charge in [-0.05, 0) is 31.2 Å². The van der Waals surface area contributed by atoms with Crippen LogP contribution in [0.3, 0.4) is 0 Å². The molecule has 0 atom stereocenters. The van der Waals surface area contributed by atoms with Gasteiger partial charge in [0.2, 0.25) is 0 Å². The lowest BCUT2D eigenvalue weighted by Gasteiger charge is -2.02. The lowest BCUT2D eigenvalue weighted by Crippen LogP contribution is -1.86. The van der Waals surface area contributed by atoms with E-state index in [-0.39, 0.29) is 5.75 Å². The van der Waals surface area contributed by atoms with E-state index in [1.54, 1.807) is 12.1 Å². The Hall–Kier alpha value is -2.08. The maximum Gasteiger partial charge on any atom is 0.141 e. The van der Waals surface area contributed by atoms with Gasteiger partial charge in [-0.3, -0.25) is 0 Å². The number of hydrogen-bond acceptors (Lipinski definition) is 3. The number of rotatable bonds is 0. The van der Waals surface area contributed by atoms with E-state index in [9.17, 15) is 5.11 Å². The molecule has 0 bridgehead atoms. The van der Waals surface area contributed by atoms with Crippen molar-refractivity contribution in [3.63, 3.8) is 0 Å². The first kappa shape index (κ1) is 13.0. The molecule has 1 aromatic heterocycles. The highest BCUT2D eigenvalue weighted by atomic mass is 16.3. The molecule has 88 valence electrons. The van der Waals surface area contributed by atoms with Crippen LogP contribution < -0.4 is 0 Å². The number of phenolic OH excluding ortho intramolecular Hbond substituents is 1. The second-order valence-corrected chi connectivity index (χ2v) is 3.80. The van der Waals surface area contributed by atoms with Crippen molar-refractivity contribution in [1.29, 1.82) is 5.26 Å². The molecule has 3 nitrogen and oxygen atoms in total. The van der Waals surface area contributed by atoms with Gasteiger partial charge in [0.1, 0.15) is 11.3 Å². The standard InChI is InChI=1S/C11H8N2O.C3H8/c1-7-2-4-9-8(6-12)3-5-10(14)11(9)13-7;1-3-2/h2-5,14H,1H3;3H2,1-2H3. The van der Waals surface area contributed by atoms with E-state index in [2.05, 4.69) is 24.9 Å². The van der Waals surface area contributed by atoms with Crippen molar-refractivity contribution in [2.45, 2.75) is 27.2 Å². The largest absolute Gasteiger partial charge is 0.506 e. The van der Waals surface area contributed by atoms with Gasteiger partial charge < -0.3 is 5.11 Å². The fraction of sp³-hybridized carbons (Fsp3) is 0.286. The minimum atomic E-state index is 0.114. The van der Waals surface area contributed by atoms with Crippen molar-refractivity contribution in [2.75, 3.05) is 0 Å². The van der Waals surface area contributed by atoms with Crippen molar-refractivity contribution >= 4 is 10.9 Å². The molecule has 0 fully saturated rings. The molecule has 1 N–H and O–H groups in total. The molecule has 0 spiro atoms. The highest BCUT2D eigenvalue weighted by Crippen LogP contribution is 2.25. The number of benzene rings is 1. The number of hydrogen-bond donors (Lipinski definition) is 1. The average molecular weight is 228 g/mol. The Morgan fingerprint density at radius 1 is 1.24 bits per heavy atom. The van der Waals surface area contributed by atoms with E-state index >= 15 is 0 Å². The molecule has 0 radical (unpaired) electrons. The number of fused-ring (bicyclic) bond motifs is 1. The number of pyridine rings is 1. The molecule has 0 saturated carbocycles. The average Bonchev–Trinajstić information content (AvgIpc) is 2.31. The summed E-state index contributed by atoms with van der Waals surface area (Å²) in [6.07, 6.45) is 1.25. The fourth-order valence-corrected chi connectivity index (χ4v) is 1.40. The van der Waals surface area contributed by atoms with Crippen molar-refractivity contribution in [3.8, 4) is 11.8 Å². The third-order valence-corrected chi connectivity index (χ3v) is 2.10. The summed E-state index contributed by atoms with van der Waals surface area (Å²) < 4.78 is 0. The molecular formula is C14H16N2O. The predicted octanol–water partition coefficient (Wildman–Crippen LogP) is 3.54. The third-order valence-electron chi connectivity index (χ3n) is 2.10. The van der Waals surface area contributed by atoms with Gasteiger partial charge in [-0.15, -0.1) is 0 Å². The monoisotopic (exact) mass is 228 g/mol. The molecule has 0 amide bonds. The minimum absolute atomic E-state index is 0.114. The van der Waals surface area contributed by atoms with E-state index in [0.29, 0.717) is 16.5 Å². The summed E-state index contributed by atoms with van der Waals surface area (Å²) in [7, 11) is 0. The quantitative estimate of drug-likeness (QED) is 0.750. The molecular weight excluding hydrogens is 212 g/mol. The Balaban J connectivity index is 0.000000437. The van der Waals surface area contributed by atoms with Gasteiger partial charge >= 0.3 is 0 Å². The van der Waals surface area contributed by atoms with Gasteiger partial charge in [0.25, 0.3) is 0 Å². The highest BCUT2D eigenvalue weighted by molar-refractivity contribution is 5.89. The maximum absolute atomic E-state index is 9.54. The van der Waals surface area contributed by atoms with Gasteiger partial charge in [0, 0.05) is 11.1 Å². The van der Waals surface area contributed by atoms with Crippen LogP contribution >= 0.6 is 0 Å². The Labute approximate surface area is 101 Å². The maximum atomic E-state index is 9.54. The minimum Gasteiger partial charge on any atom is -0.506 e. The van der Waals surface area contributed by atoms with E-state index in [4.69, 9.17) is 5.26 Å². The molecule has 2 aromatic rings. The Bertz CT molecular complexity index is 556. The Morgan fingerprint density at radius 3 is 2.47 bits per heavy atom. The zero-order valence-electron chi connectivity index (χ0n) is 10.4. The normalized spacial score (nSPS) is 9.29. The third kappa shape index (κ3) is 2.94. The van der Waals surface area contributed by atoms with E-state index < -0.39 is 0 Å². The summed E-state index contributed by atoms with van der Waals surface area (Å²) in [6.45, 7) is 6.10. The van der Waals surface area contributed by atoms with Crippen molar-refractivity contribution in [1.82, 2.24) is 4.98 Å². The molecule has 1 aromatic carbocycles. The number of nitriles is 1. The lowest BCUT2D eigenvalue weighted by atomic mass is 10.1. The Morgan fingerprint density at radius 2 is 1.88 bits per heavy atom. The van der Waals surface area contributed by atoms with E-state index in [0.717, 1.165) is 5.69 Å². The second-order valence-electron chi connectivity index (χ2n) is 3.80. The molecule has 2 rings (SSSR count). The van der Waals surface area contributed by atoms with Crippen LogP contribution in [0.5, 0.6) is 5.75 Å². The topological polar surface area (TPSA) is 56.9 Å². The zero-order chi connectivity index (χ0) is 12.8. The predicted molar refractivity (Wildman–Crippen MR) is 68.8 cm³/mol. The highest BCUT2D eigenvalue weighted by Gasteiger charge is 2.05. The first-order valence-electron chi connectivity index (χ1n) is 5.63. The molecule has 0 saturated heterocycles. The van der Waals surface area contributed by atoms with Crippen LogP contribution in [-0.4, -0.2) is 10.1 Å². The molecule has 0 aliphatic heterocycles. The number of phenols is 1. The van der Waals surface area contributed by atoms with Crippen LogP contribution in [0.1, 0.15) is 31.5 Å². The molecule has 17 heavy (non-hydrogen) atoms. The fourth-order valence-electron chi connectivity index (χ4n) is 1.40. The van der Waals surface area contributed by atoms with Crippen LogP contribution in [0.15, 0.2) is 24.3 Å². The molecule has 1 heterocycles. The van der Waals surface area contributed by atoms with Gasteiger partial charge in [-0.2, -0.15) is 5.26 Å². The SMILES string of the molecule is CCC.Cc1ccc2c(C#N)ccc(O)c2n1. The summed E-state index contributed by atoms with van der Waals surface area (Å²) in [4.78, 5) is 4.18. The van der Waals surface area contributed by atoms with Crippen LogP contribution in [0, 0.1) is 18.3 Å². The van der Waals surface area contributed by atoms with Crippen molar-refractivity contribution < 1.29 is 5.11 Å². The summed E-state index contributed by atoms with van der Waals surface area (Å²) in [5, 5.41) is 19.1. The summed E-state index contributed by atoms with van der Waals surface area (Å²) in [6, 6.07) is 8.77. The number of aromatic hydroxyl groups is 1. The number of aryl methyl sites for hydroxylation is 1. The van der Waals surface area contributed by atoms with Crippen molar-refractivity contribution in [2.24, 2.45) is 0 Å². The number of aromatic nitrogens is 1. The first-order chi connectivity index (χ1) is 8.13. The smallest absolute Gasteiger partial charge is 0.141 e. The lowest BCUT2D eigenvalue weighted by molar-refractivity contribution is 0.480. The van der Waals surface area contributed by atoms with Gasteiger partial charge in [0.15, 0.2) is 0 Å². The molecule has 3 heteroatoms. The zero-order valence-corrected chi connectivity index (χ0v) is 10.4. The number of nitrogens with zero attached hydrogens (tertiary/aromatic N) is 2. The van der Waals surface area contributed by atoms with E-state index in [1.807, 2.05) is 13.0 Å². The molecule has 0 unspecified atom stereocenters. The van der Waals surface area contributed by atoms with Gasteiger partial charge in [0.05, 0.1) is 11.6 Å². The van der Waals surface area contributed by atoms with Gasteiger partial charge in [-0.25, -0.2) is 4.98 Å². The molecule has 0 aliphatic rings. The first-order valence-corrected chi connectivity index (χ1v) is 5.63. The Kier molecular flexibility index (Phi) is 4.47. The summed E-state index contributed by atoms with van der Waals surface area (Å²) in [5.41, 5.74) is 1.84. The molecule has 0 aliphatic carbocycles. The second kappa shape index (κ2) is 5.86. The van der Waals surface area contributed by atoms with Crippen LogP contribution in [0.4, 0.5) is 0 Å². The van der Waals surface area contributed by atoms with Crippen LogP contribution in [0.25, 0.3) is 10.9 Å². The summed E-state index contributed by atoms with van der Waals surface area (Å²) >= 11 is 0. The summed E-state index contributed by atoms with van der Waals surface area (Å²) in [5.74, 6) is 0.114. The van der Waals surface area contributed by atoms with E-state index in [1.165, 1.54) is 12.5 Å².